The van der Waals surface area contributed by atoms with Crippen LogP contribution in [0, 0.1) is 6.92 Å². The summed E-state index contributed by atoms with van der Waals surface area (Å²) in [6, 6.07) is 7.06. The minimum atomic E-state index is -0.193. The van der Waals surface area contributed by atoms with Crippen molar-refractivity contribution in [2.75, 3.05) is 17.9 Å². The quantitative estimate of drug-likeness (QED) is 0.516. The van der Waals surface area contributed by atoms with E-state index in [2.05, 4.69) is 15.3 Å². The molecule has 0 aliphatic carbocycles. The highest BCUT2D eigenvalue weighted by molar-refractivity contribution is 7.99. The lowest BCUT2D eigenvalue weighted by Crippen LogP contribution is -2.23. The summed E-state index contributed by atoms with van der Waals surface area (Å²) < 4.78 is 12.1. The largest absolute Gasteiger partial charge is 0.454 e. The third-order valence-electron chi connectivity index (χ3n) is 4.14. The lowest BCUT2D eigenvalue weighted by Gasteiger charge is -2.10. The molecule has 0 saturated heterocycles. The molecule has 8 nitrogen and oxygen atoms in total. The van der Waals surface area contributed by atoms with Crippen molar-refractivity contribution in [3.05, 3.63) is 40.3 Å². The third-order valence-corrected chi connectivity index (χ3v) is 5.12. The fourth-order valence-electron chi connectivity index (χ4n) is 2.90. The van der Waals surface area contributed by atoms with E-state index < -0.39 is 0 Å². The SMILES string of the molecule is CCn1c(SCC(=O)Nc2ccc3c(c2)OCO3)nc2cc(C)[nH]c2c1=O. The number of nitrogens with one attached hydrogen (secondary N) is 2. The average molecular weight is 386 g/mol. The Labute approximate surface area is 158 Å². The zero-order valence-electron chi connectivity index (χ0n) is 14.9. The van der Waals surface area contributed by atoms with Crippen LogP contribution in [0.4, 0.5) is 5.69 Å². The van der Waals surface area contributed by atoms with Crippen LogP contribution in [-0.2, 0) is 11.3 Å². The Bertz CT molecular complexity index is 1090. The van der Waals surface area contributed by atoms with Crippen LogP contribution in [0.15, 0.2) is 34.2 Å². The number of aryl methyl sites for hydroxylation is 1. The van der Waals surface area contributed by atoms with Crippen LogP contribution in [0.25, 0.3) is 11.0 Å². The summed E-state index contributed by atoms with van der Waals surface area (Å²) in [4.78, 5) is 32.5. The number of ether oxygens (including phenoxy) is 2. The summed E-state index contributed by atoms with van der Waals surface area (Å²) in [5.41, 5.74) is 2.47. The number of hydrogen-bond acceptors (Lipinski definition) is 6. The number of carbonyl (C=O) groups excluding carboxylic acids is 1. The van der Waals surface area contributed by atoms with Crippen LogP contribution in [0.3, 0.4) is 0 Å². The van der Waals surface area contributed by atoms with Crippen molar-refractivity contribution in [1.29, 1.82) is 0 Å². The van der Waals surface area contributed by atoms with E-state index in [-0.39, 0.29) is 24.0 Å². The topological polar surface area (TPSA) is 98.2 Å². The number of aromatic nitrogens is 3. The molecule has 1 amide bonds. The van der Waals surface area contributed by atoms with Crippen LogP contribution in [0.1, 0.15) is 12.6 Å². The summed E-state index contributed by atoms with van der Waals surface area (Å²) in [5.74, 6) is 1.21. The van der Waals surface area contributed by atoms with Crippen molar-refractivity contribution < 1.29 is 14.3 Å². The lowest BCUT2D eigenvalue weighted by atomic mass is 10.3. The van der Waals surface area contributed by atoms with Gasteiger partial charge in [0, 0.05) is 24.0 Å². The van der Waals surface area contributed by atoms with Gasteiger partial charge in [-0.3, -0.25) is 14.2 Å². The minimum absolute atomic E-state index is 0.130. The first-order valence-electron chi connectivity index (χ1n) is 8.47. The number of anilines is 1. The second-order valence-electron chi connectivity index (χ2n) is 6.06. The Morgan fingerprint density at radius 3 is 2.96 bits per heavy atom. The summed E-state index contributed by atoms with van der Waals surface area (Å²) in [6.07, 6.45) is 0. The Balaban J connectivity index is 1.49. The van der Waals surface area contributed by atoms with Crippen molar-refractivity contribution in [2.24, 2.45) is 0 Å². The molecule has 1 aliphatic heterocycles. The minimum Gasteiger partial charge on any atom is -0.454 e. The molecule has 1 aliphatic rings. The third kappa shape index (κ3) is 3.37. The van der Waals surface area contributed by atoms with Gasteiger partial charge in [0.25, 0.3) is 5.56 Å². The van der Waals surface area contributed by atoms with Crippen molar-refractivity contribution >= 4 is 34.4 Å². The number of H-pyrrole nitrogens is 1. The summed E-state index contributed by atoms with van der Waals surface area (Å²) in [5, 5.41) is 3.34. The Hall–Kier alpha value is -2.94. The molecule has 3 heterocycles. The average Bonchev–Trinajstić information content (AvgIpc) is 3.25. The maximum absolute atomic E-state index is 12.6. The molecule has 0 spiro atoms. The molecule has 9 heteroatoms. The number of carbonyl (C=O) groups is 1. The van der Waals surface area contributed by atoms with Crippen molar-refractivity contribution in [3.8, 4) is 11.5 Å². The molecule has 140 valence electrons. The van der Waals surface area contributed by atoms with Gasteiger partial charge in [-0.1, -0.05) is 11.8 Å². The maximum Gasteiger partial charge on any atom is 0.278 e. The van der Waals surface area contributed by atoms with Gasteiger partial charge in [-0.05, 0) is 32.0 Å². The Morgan fingerprint density at radius 1 is 1.33 bits per heavy atom. The van der Waals surface area contributed by atoms with Crippen LogP contribution in [-0.4, -0.2) is 33.0 Å². The van der Waals surface area contributed by atoms with Gasteiger partial charge in [-0.15, -0.1) is 0 Å². The Morgan fingerprint density at radius 2 is 2.15 bits per heavy atom. The molecule has 3 aromatic rings. The van der Waals surface area contributed by atoms with Gasteiger partial charge in [0.15, 0.2) is 16.7 Å². The van der Waals surface area contributed by atoms with Gasteiger partial charge in [0.05, 0.1) is 11.3 Å². The van der Waals surface area contributed by atoms with Gasteiger partial charge in [0.2, 0.25) is 12.7 Å². The molecular weight excluding hydrogens is 368 g/mol. The predicted molar refractivity (Wildman–Crippen MR) is 103 cm³/mol. The first-order valence-corrected chi connectivity index (χ1v) is 9.46. The van der Waals surface area contributed by atoms with E-state index in [1.54, 1.807) is 22.8 Å². The monoisotopic (exact) mass is 386 g/mol. The molecule has 0 saturated carbocycles. The van der Waals surface area contributed by atoms with Crippen LogP contribution in [0.5, 0.6) is 11.5 Å². The molecular formula is C18H18N4O4S. The van der Waals surface area contributed by atoms with E-state index in [0.717, 1.165) is 5.69 Å². The van der Waals surface area contributed by atoms with Crippen LogP contribution in [0.2, 0.25) is 0 Å². The maximum atomic E-state index is 12.6. The highest BCUT2D eigenvalue weighted by atomic mass is 32.2. The fraction of sp³-hybridized carbons (Fsp3) is 0.278. The predicted octanol–water partition coefficient (Wildman–Crippen LogP) is 2.51. The summed E-state index contributed by atoms with van der Waals surface area (Å²) >= 11 is 1.23. The molecule has 1 aromatic carbocycles. The second-order valence-corrected chi connectivity index (χ2v) is 7.00. The normalized spacial score (nSPS) is 12.5. The second kappa shape index (κ2) is 6.99. The zero-order chi connectivity index (χ0) is 19.0. The van der Waals surface area contributed by atoms with Crippen molar-refractivity contribution in [3.63, 3.8) is 0 Å². The first-order chi connectivity index (χ1) is 13.0. The number of rotatable bonds is 5. The molecule has 0 radical (unpaired) electrons. The molecule has 2 N–H and O–H groups in total. The van der Waals surface area contributed by atoms with Crippen molar-refractivity contribution in [2.45, 2.75) is 25.5 Å². The van der Waals surface area contributed by atoms with E-state index in [4.69, 9.17) is 9.47 Å². The number of fused-ring (bicyclic) bond motifs is 2. The number of aromatic amines is 1. The first kappa shape index (κ1) is 17.5. The number of benzene rings is 1. The highest BCUT2D eigenvalue weighted by Crippen LogP contribution is 2.34. The molecule has 2 aromatic heterocycles. The number of nitrogens with zero attached hydrogens (tertiary/aromatic N) is 2. The molecule has 0 unspecified atom stereocenters. The van der Waals surface area contributed by atoms with Crippen LogP contribution < -0.4 is 20.3 Å². The van der Waals surface area contributed by atoms with Gasteiger partial charge >= 0.3 is 0 Å². The van der Waals surface area contributed by atoms with E-state index in [1.807, 2.05) is 19.9 Å². The Kier molecular flexibility index (Phi) is 4.53. The number of hydrogen-bond donors (Lipinski definition) is 2. The van der Waals surface area contributed by atoms with E-state index in [1.165, 1.54) is 11.8 Å². The van der Waals surface area contributed by atoms with Gasteiger partial charge in [-0.25, -0.2) is 4.98 Å². The molecule has 0 bridgehead atoms. The highest BCUT2D eigenvalue weighted by Gasteiger charge is 2.16. The van der Waals surface area contributed by atoms with Crippen molar-refractivity contribution in [1.82, 2.24) is 14.5 Å². The molecule has 0 atom stereocenters. The van der Waals surface area contributed by atoms with E-state index in [9.17, 15) is 9.59 Å². The number of amides is 1. The number of thioether (sulfide) groups is 1. The fourth-order valence-corrected chi connectivity index (χ4v) is 3.76. The molecule has 4 rings (SSSR count). The van der Waals surface area contributed by atoms with Gasteiger partial charge in [-0.2, -0.15) is 0 Å². The smallest absolute Gasteiger partial charge is 0.278 e. The van der Waals surface area contributed by atoms with Gasteiger partial charge in [0.1, 0.15) is 5.52 Å². The summed E-state index contributed by atoms with van der Waals surface area (Å²) in [7, 11) is 0. The standard InChI is InChI=1S/C18H18N4O4S/c1-3-22-17(24)16-12(6-10(2)19-16)21-18(22)27-8-15(23)20-11-4-5-13-14(7-11)26-9-25-13/h4-7,19H,3,8-9H2,1-2H3,(H,20,23). The van der Waals surface area contributed by atoms with Crippen LogP contribution >= 0.6 is 11.8 Å². The lowest BCUT2D eigenvalue weighted by molar-refractivity contribution is -0.113. The molecule has 27 heavy (non-hydrogen) atoms. The van der Waals surface area contributed by atoms with Gasteiger partial charge < -0.3 is 19.8 Å². The molecule has 0 fully saturated rings. The van der Waals surface area contributed by atoms with E-state index >= 15 is 0 Å². The summed E-state index contributed by atoms with van der Waals surface area (Å²) in [6.45, 7) is 4.42. The van der Waals surface area contributed by atoms with E-state index in [0.29, 0.717) is 39.9 Å². The zero-order valence-corrected chi connectivity index (χ0v) is 15.7.